The maximum atomic E-state index is 9.10. The molecule has 0 saturated carbocycles. The van der Waals surface area contributed by atoms with Crippen LogP contribution in [0.4, 0.5) is 5.88 Å². The summed E-state index contributed by atoms with van der Waals surface area (Å²) in [6.07, 6.45) is 1.52. The van der Waals surface area contributed by atoms with E-state index in [-0.39, 0.29) is 5.88 Å². The highest BCUT2D eigenvalue weighted by molar-refractivity contribution is 5.77. The normalized spacial score (nSPS) is 10.1. The fraction of sp³-hybridized carbons (Fsp3) is 0.214. The molecule has 2 aromatic rings. The van der Waals surface area contributed by atoms with Gasteiger partial charge in [0.05, 0.1) is 7.11 Å². The minimum Gasteiger partial charge on any atom is -0.496 e. The second kappa shape index (κ2) is 4.46. The number of nitrogens with zero attached hydrogens (tertiary/aromatic N) is 1. The Morgan fingerprint density at radius 3 is 2.56 bits per heavy atom. The SMILES string of the molecule is COc1cc(C)c(-c2coc(N)c2C#N)cc1C. The minimum atomic E-state index is 0.153. The van der Waals surface area contributed by atoms with Crippen molar-refractivity contribution in [3.8, 4) is 22.9 Å². The molecule has 0 bridgehead atoms. The molecule has 0 amide bonds. The first-order valence-electron chi connectivity index (χ1n) is 5.51. The molecule has 0 saturated heterocycles. The summed E-state index contributed by atoms with van der Waals surface area (Å²) in [5.74, 6) is 0.978. The lowest BCUT2D eigenvalue weighted by Gasteiger charge is -2.10. The van der Waals surface area contributed by atoms with Gasteiger partial charge >= 0.3 is 0 Å². The molecule has 0 fully saturated rings. The van der Waals surface area contributed by atoms with Crippen molar-refractivity contribution in [2.24, 2.45) is 0 Å². The smallest absolute Gasteiger partial charge is 0.208 e. The lowest BCUT2D eigenvalue weighted by molar-refractivity contribution is 0.411. The first-order chi connectivity index (χ1) is 8.58. The van der Waals surface area contributed by atoms with Gasteiger partial charge in [-0.2, -0.15) is 5.26 Å². The molecule has 2 N–H and O–H groups in total. The number of nitriles is 1. The molecule has 18 heavy (non-hydrogen) atoms. The van der Waals surface area contributed by atoms with Crippen molar-refractivity contribution in [1.82, 2.24) is 0 Å². The Bertz CT molecular complexity index is 636. The third-order valence-electron chi connectivity index (χ3n) is 2.96. The molecule has 1 aromatic carbocycles. The molecule has 2 rings (SSSR count). The summed E-state index contributed by atoms with van der Waals surface area (Å²) in [4.78, 5) is 0. The maximum absolute atomic E-state index is 9.10. The van der Waals surface area contributed by atoms with Gasteiger partial charge in [0.2, 0.25) is 5.88 Å². The number of aryl methyl sites for hydroxylation is 2. The summed E-state index contributed by atoms with van der Waals surface area (Å²) in [5.41, 5.74) is 9.66. The standard InChI is InChI=1S/C14H14N2O2/c1-8-5-13(17-3)9(2)4-10(8)12-7-18-14(16)11(12)6-15/h4-5,7H,16H2,1-3H3. The third-order valence-corrected chi connectivity index (χ3v) is 2.96. The molecule has 0 atom stereocenters. The maximum Gasteiger partial charge on any atom is 0.208 e. The molecule has 4 heteroatoms. The summed E-state index contributed by atoms with van der Waals surface area (Å²) >= 11 is 0. The molecule has 0 aliphatic carbocycles. The Labute approximate surface area is 106 Å². The lowest BCUT2D eigenvalue weighted by Crippen LogP contribution is -1.92. The highest BCUT2D eigenvalue weighted by Gasteiger charge is 2.15. The molecule has 92 valence electrons. The number of rotatable bonds is 2. The van der Waals surface area contributed by atoms with Gasteiger partial charge in [-0.05, 0) is 42.7 Å². The average molecular weight is 242 g/mol. The van der Waals surface area contributed by atoms with E-state index in [4.69, 9.17) is 20.1 Å². The van der Waals surface area contributed by atoms with E-state index >= 15 is 0 Å². The molecule has 1 aromatic heterocycles. The Kier molecular flexibility index (Phi) is 2.99. The second-order valence-electron chi connectivity index (χ2n) is 4.14. The summed E-state index contributed by atoms with van der Waals surface area (Å²) < 4.78 is 10.4. The third kappa shape index (κ3) is 1.80. The monoisotopic (exact) mass is 242 g/mol. The summed E-state index contributed by atoms with van der Waals surface area (Å²) in [7, 11) is 1.64. The van der Waals surface area contributed by atoms with Gasteiger partial charge in [-0.1, -0.05) is 0 Å². The molecule has 0 unspecified atom stereocenters. The predicted octanol–water partition coefficient (Wildman–Crippen LogP) is 3.03. The van der Waals surface area contributed by atoms with Crippen LogP contribution in [0.15, 0.2) is 22.8 Å². The predicted molar refractivity (Wildman–Crippen MR) is 69.3 cm³/mol. The quantitative estimate of drug-likeness (QED) is 0.878. The zero-order valence-corrected chi connectivity index (χ0v) is 10.6. The van der Waals surface area contributed by atoms with Crippen LogP contribution in [0.3, 0.4) is 0 Å². The van der Waals surface area contributed by atoms with Gasteiger partial charge in [-0.25, -0.2) is 0 Å². The van der Waals surface area contributed by atoms with E-state index in [1.165, 1.54) is 6.26 Å². The summed E-state index contributed by atoms with van der Waals surface area (Å²) in [6.45, 7) is 3.92. The van der Waals surface area contributed by atoms with Crippen molar-refractivity contribution in [3.63, 3.8) is 0 Å². The number of anilines is 1. The van der Waals surface area contributed by atoms with Crippen LogP contribution in [0, 0.1) is 25.2 Å². The lowest BCUT2D eigenvalue weighted by atomic mass is 9.97. The van der Waals surface area contributed by atoms with Crippen molar-refractivity contribution in [3.05, 3.63) is 35.1 Å². The molecule has 0 aliphatic rings. The van der Waals surface area contributed by atoms with Crippen molar-refractivity contribution >= 4 is 5.88 Å². The Balaban J connectivity index is 2.65. The Morgan fingerprint density at radius 1 is 1.22 bits per heavy atom. The average Bonchev–Trinajstić information content (AvgIpc) is 2.72. The molecule has 0 aliphatic heterocycles. The molecular formula is C14H14N2O2. The summed E-state index contributed by atoms with van der Waals surface area (Å²) in [5, 5.41) is 9.10. The van der Waals surface area contributed by atoms with Crippen LogP contribution in [0.1, 0.15) is 16.7 Å². The van der Waals surface area contributed by atoms with Crippen LogP contribution in [0.2, 0.25) is 0 Å². The number of furan rings is 1. The number of benzene rings is 1. The number of methoxy groups -OCH3 is 1. The van der Waals surface area contributed by atoms with E-state index in [1.807, 2.05) is 26.0 Å². The zero-order valence-electron chi connectivity index (χ0n) is 10.6. The van der Waals surface area contributed by atoms with E-state index in [0.29, 0.717) is 5.56 Å². The van der Waals surface area contributed by atoms with Crippen LogP contribution in [-0.4, -0.2) is 7.11 Å². The number of nitrogens with two attached hydrogens (primary N) is 1. The molecule has 1 heterocycles. The molecule has 0 radical (unpaired) electrons. The fourth-order valence-corrected chi connectivity index (χ4v) is 1.99. The van der Waals surface area contributed by atoms with Crippen molar-refractivity contribution in [2.75, 3.05) is 12.8 Å². The van der Waals surface area contributed by atoms with E-state index in [9.17, 15) is 0 Å². The summed E-state index contributed by atoms with van der Waals surface area (Å²) in [6, 6.07) is 5.98. The van der Waals surface area contributed by atoms with Gasteiger partial charge < -0.3 is 14.9 Å². The van der Waals surface area contributed by atoms with Crippen LogP contribution < -0.4 is 10.5 Å². The molecular weight excluding hydrogens is 228 g/mol. The van der Waals surface area contributed by atoms with Crippen molar-refractivity contribution < 1.29 is 9.15 Å². The minimum absolute atomic E-state index is 0.153. The van der Waals surface area contributed by atoms with Gasteiger partial charge in [0.1, 0.15) is 23.6 Å². The largest absolute Gasteiger partial charge is 0.496 e. The van der Waals surface area contributed by atoms with Gasteiger partial charge in [0.15, 0.2) is 0 Å². The van der Waals surface area contributed by atoms with Gasteiger partial charge in [-0.3, -0.25) is 0 Å². The molecule has 0 spiro atoms. The number of nitrogen functional groups attached to an aromatic ring is 1. The van der Waals surface area contributed by atoms with Crippen LogP contribution in [0.5, 0.6) is 5.75 Å². The first kappa shape index (κ1) is 12.1. The number of ether oxygens (including phenoxy) is 1. The van der Waals surface area contributed by atoms with Crippen LogP contribution in [0.25, 0.3) is 11.1 Å². The highest BCUT2D eigenvalue weighted by atomic mass is 16.5. The fourth-order valence-electron chi connectivity index (χ4n) is 1.99. The van der Waals surface area contributed by atoms with Crippen molar-refractivity contribution in [1.29, 1.82) is 5.26 Å². The Hall–Kier alpha value is -2.41. The van der Waals surface area contributed by atoms with Crippen molar-refractivity contribution in [2.45, 2.75) is 13.8 Å². The van der Waals surface area contributed by atoms with E-state index in [0.717, 1.165) is 28.0 Å². The van der Waals surface area contributed by atoms with Gasteiger partial charge in [-0.15, -0.1) is 0 Å². The number of hydrogen-bond donors (Lipinski definition) is 1. The van der Waals surface area contributed by atoms with Crippen LogP contribution in [-0.2, 0) is 0 Å². The first-order valence-corrected chi connectivity index (χ1v) is 5.51. The zero-order chi connectivity index (χ0) is 13.3. The highest BCUT2D eigenvalue weighted by Crippen LogP contribution is 2.34. The molecule has 4 nitrogen and oxygen atoms in total. The second-order valence-corrected chi connectivity index (χ2v) is 4.14. The Morgan fingerprint density at radius 2 is 1.94 bits per heavy atom. The number of hydrogen-bond acceptors (Lipinski definition) is 4. The van der Waals surface area contributed by atoms with Crippen LogP contribution >= 0.6 is 0 Å². The van der Waals surface area contributed by atoms with E-state index in [1.54, 1.807) is 7.11 Å². The van der Waals surface area contributed by atoms with E-state index < -0.39 is 0 Å². The van der Waals surface area contributed by atoms with E-state index in [2.05, 4.69) is 6.07 Å². The van der Waals surface area contributed by atoms with Gasteiger partial charge in [0.25, 0.3) is 0 Å². The topological polar surface area (TPSA) is 72.2 Å². The van der Waals surface area contributed by atoms with Gasteiger partial charge in [0, 0.05) is 5.56 Å².